The van der Waals surface area contributed by atoms with E-state index < -0.39 is 0 Å². The SMILES string of the molecule is CCC(NC(C1CC1)C1CC1)c1ccc(Br)cc1. The third-order valence-electron chi connectivity index (χ3n) is 4.33. The first-order chi connectivity index (χ1) is 8.78. The Hall–Kier alpha value is -0.340. The van der Waals surface area contributed by atoms with Crippen LogP contribution >= 0.6 is 15.9 Å². The summed E-state index contributed by atoms with van der Waals surface area (Å²) >= 11 is 3.51. The van der Waals surface area contributed by atoms with Gasteiger partial charge in [0, 0.05) is 16.6 Å². The topological polar surface area (TPSA) is 12.0 Å². The highest BCUT2D eigenvalue weighted by Crippen LogP contribution is 2.45. The van der Waals surface area contributed by atoms with Crippen molar-refractivity contribution in [1.29, 1.82) is 0 Å². The van der Waals surface area contributed by atoms with Gasteiger partial charge in [0.15, 0.2) is 0 Å². The predicted molar refractivity (Wildman–Crippen MR) is 79.5 cm³/mol. The third-order valence-corrected chi connectivity index (χ3v) is 4.86. The van der Waals surface area contributed by atoms with Gasteiger partial charge in [0.05, 0.1) is 0 Å². The number of hydrogen-bond donors (Lipinski definition) is 1. The van der Waals surface area contributed by atoms with Gasteiger partial charge < -0.3 is 5.32 Å². The van der Waals surface area contributed by atoms with Gasteiger partial charge in [0.1, 0.15) is 0 Å². The highest BCUT2D eigenvalue weighted by Gasteiger charge is 2.41. The molecule has 1 atom stereocenters. The van der Waals surface area contributed by atoms with Crippen LogP contribution in [-0.2, 0) is 0 Å². The second kappa shape index (κ2) is 5.34. The number of nitrogens with one attached hydrogen (secondary N) is 1. The van der Waals surface area contributed by atoms with E-state index in [0.29, 0.717) is 6.04 Å². The Morgan fingerprint density at radius 1 is 1.11 bits per heavy atom. The largest absolute Gasteiger partial charge is 0.307 e. The number of rotatable bonds is 6. The Morgan fingerprint density at radius 3 is 2.11 bits per heavy atom. The molecule has 1 aromatic rings. The summed E-state index contributed by atoms with van der Waals surface area (Å²) in [5, 5.41) is 3.95. The number of halogens is 1. The minimum absolute atomic E-state index is 0.532. The lowest BCUT2D eigenvalue weighted by Crippen LogP contribution is -2.36. The van der Waals surface area contributed by atoms with Crippen LogP contribution in [0.25, 0.3) is 0 Å². The maximum atomic E-state index is 3.95. The summed E-state index contributed by atoms with van der Waals surface area (Å²) in [6.45, 7) is 2.29. The highest BCUT2D eigenvalue weighted by atomic mass is 79.9. The molecule has 1 nitrogen and oxygen atoms in total. The van der Waals surface area contributed by atoms with E-state index in [-0.39, 0.29) is 0 Å². The lowest BCUT2D eigenvalue weighted by molar-refractivity contribution is 0.359. The van der Waals surface area contributed by atoms with Crippen LogP contribution in [0.4, 0.5) is 0 Å². The molecule has 2 saturated carbocycles. The summed E-state index contributed by atoms with van der Waals surface area (Å²) < 4.78 is 1.17. The fourth-order valence-electron chi connectivity index (χ4n) is 2.94. The Balaban J connectivity index is 1.69. The van der Waals surface area contributed by atoms with Crippen molar-refractivity contribution in [2.45, 2.75) is 51.1 Å². The van der Waals surface area contributed by atoms with Gasteiger partial charge in [-0.15, -0.1) is 0 Å². The molecule has 0 heterocycles. The molecule has 0 aromatic heterocycles. The van der Waals surface area contributed by atoms with Crippen molar-refractivity contribution in [3.63, 3.8) is 0 Å². The Bertz CT molecular complexity index is 380. The van der Waals surface area contributed by atoms with Crippen molar-refractivity contribution in [2.75, 3.05) is 0 Å². The van der Waals surface area contributed by atoms with Gasteiger partial charge in [0.2, 0.25) is 0 Å². The number of hydrogen-bond acceptors (Lipinski definition) is 1. The van der Waals surface area contributed by atoms with Crippen molar-refractivity contribution in [3.8, 4) is 0 Å². The van der Waals surface area contributed by atoms with E-state index in [0.717, 1.165) is 17.9 Å². The predicted octanol–water partition coefficient (Wildman–Crippen LogP) is 4.68. The van der Waals surface area contributed by atoms with E-state index in [9.17, 15) is 0 Å². The van der Waals surface area contributed by atoms with E-state index in [1.165, 1.54) is 42.1 Å². The zero-order chi connectivity index (χ0) is 12.5. The standard InChI is InChI=1S/C16H22BrN/c1-2-15(11-7-9-14(17)10-8-11)18-16(12-3-4-12)13-5-6-13/h7-10,12-13,15-16,18H,2-6H2,1H3. The average molecular weight is 308 g/mol. The minimum atomic E-state index is 0.532. The average Bonchev–Trinajstić information content (AvgIpc) is 3.26. The first-order valence-electron chi connectivity index (χ1n) is 7.29. The summed E-state index contributed by atoms with van der Waals surface area (Å²) in [4.78, 5) is 0. The van der Waals surface area contributed by atoms with Crippen LogP contribution in [0.5, 0.6) is 0 Å². The molecule has 1 aromatic carbocycles. The lowest BCUT2D eigenvalue weighted by Gasteiger charge is -2.25. The smallest absolute Gasteiger partial charge is 0.0320 e. The second-order valence-corrected chi connectivity index (χ2v) is 6.80. The summed E-state index contributed by atoms with van der Waals surface area (Å²) in [6, 6.07) is 10.1. The van der Waals surface area contributed by atoms with Crippen LogP contribution in [0, 0.1) is 11.8 Å². The quantitative estimate of drug-likeness (QED) is 0.804. The Labute approximate surface area is 118 Å². The van der Waals surface area contributed by atoms with E-state index >= 15 is 0 Å². The van der Waals surface area contributed by atoms with Gasteiger partial charge in [-0.05, 0) is 61.6 Å². The normalized spacial score (nSPS) is 21.3. The van der Waals surface area contributed by atoms with Crippen LogP contribution in [0.2, 0.25) is 0 Å². The van der Waals surface area contributed by atoms with Crippen molar-refractivity contribution < 1.29 is 0 Å². The number of benzene rings is 1. The van der Waals surface area contributed by atoms with Crippen molar-refractivity contribution in [3.05, 3.63) is 34.3 Å². The van der Waals surface area contributed by atoms with E-state index in [4.69, 9.17) is 0 Å². The summed E-state index contributed by atoms with van der Waals surface area (Å²) in [5.41, 5.74) is 1.44. The molecule has 0 spiro atoms. The van der Waals surface area contributed by atoms with Gasteiger partial charge >= 0.3 is 0 Å². The molecule has 0 radical (unpaired) electrons. The Morgan fingerprint density at radius 2 is 1.67 bits per heavy atom. The highest BCUT2D eigenvalue weighted by molar-refractivity contribution is 9.10. The monoisotopic (exact) mass is 307 g/mol. The molecular formula is C16H22BrN. The molecule has 0 bridgehead atoms. The molecule has 2 aliphatic rings. The molecule has 2 heteroatoms. The van der Waals surface area contributed by atoms with Crippen LogP contribution < -0.4 is 5.32 Å². The first-order valence-corrected chi connectivity index (χ1v) is 8.08. The molecule has 18 heavy (non-hydrogen) atoms. The van der Waals surface area contributed by atoms with Gasteiger partial charge in [-0.2, -0.15) is 0 Å². The molecule has 2 fully saturated rings. The molecule has 2 aliphatic carbocycles. The van der Waals surface area contributed by atoms with Crippen LogP contribution in [0.15, 0.2) is 28.7 Å². The molecule has 1 N–H and O–H groups in total. The van der Waals surface area contributed by atoms with Crippen LogP contribution in [0.1, 0.15) is 50.6 Å². The van der Waals surface area contributed by atoms with Gasteiger partial charge in [-0.1, -0.05) is 35.0 Å². The van der Waals surface area contributed by atoms with E-state index in [1.807, 2.05) is 0 Å². The third kappa shape index (κ3) is 2.97. The van der Waals surface area contributed by atoms with Gasteiger partial charge in [0.25, 0.3) is 0 Å². The Kier molecular flexibility index (Phi) is 3.76. The summed E-state index contributed by atoms with van der Waals surface area (Å²) in [7, 11) is 0. The van der Waals surface area contributed by atoms with Crippen molar-refractivity contribution >= 4 is 15.9 Å². The molecular weight excluding hydrogens is 286 g/mol. The van der Waals surface area contributed by atoms with Crippen LogP contribution in [0.3, 0.4) is 0 Å². The zero-order valence-corrected chi connectivity index (χ0v) is 12.6. The maximum absolute atomic E-state index is 3.95. The lowest BCUT2D eigenvalue weighted by atomic mass is 10.00. The zero-order valence-electron chi connectivity index (χ0n) is 11.0. The van der Waals surface area contributed by atoms with Gasteiger partial charge in [-0.3, -0.25) is 0 Å². The molecule has 0 aliphatic heterocycles. The second-order valence-electron chi connectivity index (χ2n) is 5.88. The fraction of sp³-hybridized carbons (Fsp3) is 0.625. The molecule has 1 unspecified atom stereocenters. The van der Waals surface area contributed by atoms with E-state index in [1.54, 1.807) is 0 Å². The first kappa shape index (κ1) is 12.7. The molecule has 3 rings (SSSR count). The fourth-order valence-corrected chi connectivity index (χ4v) is 3.21. The molecule has 98 valence electrons. The molecule has 0 saturated heterocycles. The van der Waals surface area contributed by atoms with Crippen molar-refractivity contribution in [2.24, 2.45) is 11.8 Å². The van der Waals surface area contributed by atoms with Crippen LogP contribution in [-0.4, -0.2) is 6.04 Å². The van der Waals surface area contributed by atoms with Gasteiger partial charge in [-0.25, -0.2) is 0 Å². The van der Waals surface area contributed by atoms with E-state index in [2.05, 4.69) is 52.4 Å². The molecule has 0 amide bonds. The maximum Gasteiger partial charge on any atom is 0.0320 e. The van der Waals surface area contributed by atoms with Crippen molar-refractivity contribution in [1.82, 2.24) is 5.32 Å². The minimum Gasteiger partial charge on any atom is -0.307 e. The summed E-state index contributed by atoms with van der Waals surface area (Å²) in [6.07, 6.45) is 6.98. The summed E-state index contributed by atoms with van der Waals surface area (Å²) in [5.74, 6) is 1.95.